The zero-order valence-electron chi connectivity index (χ0n) is 8.86. The SMILES string of the molecule is [C-]#[N+]C(CC)OC(C)OC(CC)[N+]#[C-]. The molecular weight excluding hydrogens is 180 g/mol. The van der Waals surface area contributed by atoms with Crippen LogP contribution in [0.3, 0.4) is 0 Å². The van der Waals surface area contributed by atoms with Gasteiger partial charge in [0.2, 0.25) is 0 Å². The summed E-state index contributed by atoms with van der Waals surface area (Å²) in [5.74, 6) is 0. The maximum Gasteiger partial charge on any atom is 0.329 e. The van der Waals surface area contributed by atoms with Crippen LogP contribution in [0.15, 0.2) is 0 Å². The Morgan fingerprint density at radius 1 is 1.00 bits per heavy atom. The maximum absolute atomic E-state index is 6.81. The van der Waals surface area contributed by atoms with Gasteiger partial charge in [-0.15, -0.1) is 0 Å². The molecule has 0 aliphatic carbocycles. The van der Waals surface area contributed by atoms with Gasteiger partial charge in [0, 0.05) is 12.8 Å². The molecule has 0 saturated carbocycles. The van der Waals surface area contributed by atoms with Crippen LogP contribution in [0.25, 0.3) is 9.69 Å². The summed E-state index contributed by atoms with van der Waals surface area (Å²) in [6.45, 7) is 19.1. The quantitative estimate of drug-likeness (QED) is 0.482. The highest BCUT2D eigenvalue weighted by Gasteiger charge is 2.20. The fourth-order valence-corrected chi connectivity index (χ4v) is 0.910. The van der Waals surface area contributed by atoms with Crippen LogP contribution in [0.5, 0.6) is 0 Å². The van der Waals surface area contributed by atoms with Gasteiger partial charge < -0.3 is 0 Å². The number of hydrogen-bond donors (Lipinski definition) is 0. The van der Waals surface area contributed by atoms with Crippen molar-refractivity contribution in [3.63, 3.8) is 0 Å². The Kier molecular flexibility index (Phi) is 6.74. The number of rotatable bonds is 6. The van der Waals surface area contributed by atoms with Gasteiger partial charge in [0.25, 0.3) is 0 Å². The molecule has 0 aromatic rings. The molecule has 0 aliphatic rings. The van der Waals surface area contributed by atoms with Crippen molar-refractivity contribution in [2.75, 3.05) is 0 Å². The first kappa shape index (κ1) is 12.9. The fourth-order valence-electron chi connectivity index (χ4n) is 0.910. The van der Waals surface area contributed by atoms with Crippen LogP contribution in [0.4, 0.5) is 0 Å². The standard InChI is InChI=1S/C10H16N2O2/c1-6-9(11-4)13-8(3)14-10(7-2)12-5/h8-10H,6-7H2,1-3H3. The third kappa shape index (κ3) is 4.81. The fraction of sp³-hybridized carbons (Fsp3) is 0.800. The van der Waals surface area contributed by atoms with Crippen molar-refractivity contribution in [3.05, 3.63) is 22.8 Å². The summed E-state index contributed by atoms with van der Waals surface area (Å²) in [6.07, 6.45) is -0.160. The van der Waals surface area contributed by atoms with Gasteiger partial charge in [-0.25, -0.2) is 13.1 Å². The van der Waals surface area contributed by atoms with Crippen LogP contribution >= 0.6 is 0 Å². The van der Waals surface area contributed by atoms with Crippen molar-refractivity contribution < 1.29 is 9.47 Å². The van der Waals surface area contributed by atoms with Crippen molar-refractivity contribution >= 4 is 0 Å². The summed E-state index contributed by atoms with van der Waals surface area (Å²) in [5, 5.41) is 0. The van der Waals surface area contributed by atoms with Gasteiger partial charge in [-0.05, 0) is 6.92 Å². The second-order valence-electron chi connectivity index (χ2n) is 2.82. The third-order valence-corrected chi connectivity index (χ3v) is 1.68. The van der Waals surface area contributed by atoms with Gasteiger partial charge in [-0.1, -0.05) is 13.8 Å². The molecule has 78 valence electrons. The van der Waals surface area contributed by atoms with E-state index in [1.165, 1.54) is 0 Å². The van der Waals surface area contributed by atoms with E-state index in [0.717, 1.165) is 0 Å². The second kappa shape index (κ2) is 7.32. The molecule has 0 aliphatic heterocycles. The highest BCUT2D eigenvalue weighted by molar-refractivity contribution is 4.69. The molecule has 0 saturated heterocycles. The Labute approximate surface area is 85.5 Å². The Bertz CT molecular complexity index is 205. The molecule has 2 atom stereocenters. The summed E-state index contributed by atoms with van der Waals surface area (Å²) in [5.41, 5.74) is 0. The van der Waals surface area contributed by atoms with E-state index in [9.17, 15) is 0 Å². The number of nitrogens with zero attached hydrogens (tertiary/aromatic N) is 2. The molecule has 4 nitrogen and oxygen atoms in total. The average Bonchev–Trinajstić information content (AvgIpc) is 2.22. The van der Waals surface area contributed by atoms with E-state index in [4.69, 9.17) is 22.6 Å². The summed E-state index contributed by atoms with van der Waals surface area (Å²) in [7, 11) is 0. The van der Waals surface area contributed by atoms with Crippen molar-refractivity contribution in [1.82, 2.24) is 0 Å². The lowest BCUT2D eigenvalue weighted by atomic mass is 10.4. The molecular formula is C10H16N2O2. The molecule has 0 fully saturated rings. The smallest absolute Gasteiger partial charge is 0.283 e. The normalized spacial score (nSPS) is 16.4. The monoisotopic (exact) mass is 196 g/mol. The third-order valence-electron chi connectivity index (χ3n) is 1.68. The Balaban J connectivity index is 3.92. The van der Waals surface area contributed by atoms with Gasteiger partial charge in [0.05, 0.1) is 0 Å². The summed E-state index contributed by atoms with van der Waals surface area (Å²) < 4.78 is 10.5. The van der Waals surface area contributed by atoms with Crippen LogP contribution in [0, 0.1) is 13.1 Å². The van der Waals surface area contributed by atoms with Crippen molar-refractivity contribution in [2.45, 2.75) is 52.4 Å². The summed E-state index contributed by atoms with van der Waals surface area (Å²) >= 11 is 0. The van der Waals surface area contributed by atoms with Crippen molar-refractivity contribution in [1.29, 1.82) is 0 Å². The first-order chi connectivity index (χ1) is 6.67. The van der Waals surface area contributed by atoms with Crippen LogP contribution in [0.1, 0.15) is 33.6 Å². The van der Waals surface area contributed by atoms with E-state index in [1.54, 1.807) is 6.92 Å². The van der Waals surface area contributed by atoms with E-state index in [0.29, 0.717) is 12.8 Å². The molecule has 0 N–H and O–H groups in total. The minimum absolute atomic E-state index is 0.465. The maximum atomic E-state index is 6.81. The molecule has 2 unspecified atom stereocenters. The van der Waals surface area contributed by atoms with E-state index < -0.39 is 18.7 Å². The molecule has 0 aromatic heterocycles. The first-order valence-corrected chi connectivity index (χ1v) is 4.71. The van der Waals surface area contributed by atoms with Crippen molar-refractivity contribution in [3.8, 4) is 0 Å². The minimum Gasteiger partial charge on any atom is -0.283 e. The van der Waals surface area contributed by atoms with E-state index in [2.05, 4.69) is 9.69 Å². The largest absolute Gasteiger partial charge is 0.329 e. The van der Waals surface area contributed by atoms with Crippen LogP contribution in [-0.2, 0) is 9.47 Å². The van der Waals surface area contributed by atoms with E-state index in [-0.39, 0.29) is 0 Å². The molecule has 0 aromatic carbocycles. The highest BCUT2D eigenvalue weighted by atomic mass is 16.7. The number of hydrogen-bond acceptors (Lipinski definition) is 2. The Hall–Kier alpha value is -1.10. The lowest BCUT2D eigenvalue weighted by Gasteiger charge is -2.14. The van der Waals surface area contributed by atoms with Gasteiger partial charge >= 0.3 is 12.5 Å². The molecule has 4 heteroatoms. The topological polar surface area (TPSA) is 27.2 Å². The lowest BCUT2D eigenvalue weighted by molar-refractivity contribution is -0.167. The van der Waals surface area contributed by atoms with Gasteiger partial charge in [0.15, 0.2) is 6.29 Å². The molecule has 0 bridgehead atoms. The van der Waals surface area contributed by atoms with E-state index >= 15 is 0 Å². The predicted molar refractivity (Wildman–Crippen MR) is 53.0 cm³/mol. The molecule has 0 rings (SSSR count). The predicted octanol–water partition coefficient (Wildman–Crippen LogP) is 2.68. The summed E-state index contributed by atoms with van der Waals surface area (Å²) in [4.78, 5) is 6.55. The molecule has 0 radical (unpaired) electrons. The Morgan fingerprint density at radius 3 is 1.57 bits per heavy atom. The number of ether oxygens (including phenoxy) is 2. The first-order valence-electron chi connectivity index (χ1n) is 4.71. The zero-order valence-corrected chi connectivity index (χ0v) is 8.86. The van der Waals surface area contributed by atoms with Gasteiger partial charge in [-0.3, -0.25) is 19.2 Å². The average molecular weight is 196 g/mol. The lowest BCUT2D eigenvalue weighted by Crippen LogP contribution is -2.23. The molecule has 0 spiro atoms. The van der Waals surface area contributed by atoms with Crippen LogP contribution in [0.2, 0.25) is 0 Å². The van der Waals surface area contributed by atoms with Crippen molar-refractivity contribution in [2.24, 2.45) is 0 Å². The zero-order chi connectivity index (χ0) is 11.0. The van der Waals surface area contributed by atoms with Gasteiger partial charge in [-0.2, -0.15) is 0 Å². The molecule has 0 heterocycles. The molecule has 14 heavy (non-hydrogen) atoms. The molecule has 0 amide bonds. The van der Waals surface area contributed by atoms with E-state index in [1.807, 2.05) is 13.8 Å². The second-order valence-corrected chi connectivity index (χ2v) is 2.82. The van der Waals surface area contributed by atoms with Crippen LogP contribution < -0.4 is 0 Å². The summed E-state index contributed by atoms with van der Waals surface area (Å²) in [6, 6.07) is 0. The Morgan fingerprint density at radius 2 is 1.36 bits per heavy atom. The van der Waals surface area contributed by atoms with Crippen LogP contribution in [-0.4, -0.2) is 18.7 Å². The highest BCUT2D eigenvalue weighted by Crippen LogP contribution is 2.09. The minimum atomic E-state index is -0.493. The van der Waals surface area contributed by atoms with Gasteiger partial charge in [0.1, 0.15) is 0 Å².